The van der Waals surface area contributed by atoms with Gasteiger partial charge in [-0.15, -0.1) is 0 Å². The van der Waals surface area contributed by atoms with Crippen LogP contribution >= 0.6 is 0 Å². The molecule has 1 heterocycles. The van der Waals surface area contributed by atoms with Crippen molar-refractivity contribution in [2.45, 2.75) is 6.92 Å². The van der Waals surface area contributed by atoms with Crippen molar-refractivity contribution in [2.24, 2.45) is 0 Å². The second-order valence-electron chi connectivity index (χ2n) is 5.27. The standard InChI is InChI=1S/C20H17NO3/c1-14-17-13-16(23-2)10-11-18(17)24-19(14)20(22)21-12-6-9-15-7-4-3-5-8-15/h3-5,7-8,10-11,13H,12H2,1-2H3,(H,21,22). The maximum Gasteiger partial charge on any atom is 0.288 e. The summed E-state index contributed by atoms with van der Waals surface area (Å²) < 4.78 is 10.9. The number of hydrogen-bond donors (Lipinski definition) is 1. The van der Waals surface area contributed by atoms with E-state index >= 15 is 0 Å². The molecule has 0 aliphatic rings. The minimum Gasteiger partial charge on any atom is -0.497 e. The van der Waals surface area contributed by atoms with Crippen molar-refractivity contribution in [3.63, 3.8) is 0 Å². The van der Waals surface area contributed by atoms with Gasteiger partial charge in [0.2, 0.25) is 0 Å². The highest BCUT2D eigenvalue weighted by Gasteiger charge is 2.17. The van der Waals surface area contributed by atoms with Crippen LogP contribution in [0.3, 0.4) is 0 Å². The summed E-state index contributed by atoms with van der Waals surface area (Å²) in [4.78, 5) is 12.3. The lowest BCUT2D eigenvalue weighted by Gasteiger charge is -1.99. The molecule has 0 unspecified atom stereocenters. The second kappa shape index (κ2) is 6.93. The molecule has 4 heteroatoms. The first-order valence-corrected chi connectivity index (χ1v) is 7.58. The third-order valence-corrected chi connectivity index (χ3v) is 3.69. The van der Waals surface area contributed by atoms with Gasteiger partial charge in [0, 0.05) is 16.5 Å². The Morgan fingerprint density at radius 1 is 1.21 bits per heavy atom. The minimum absolute atomic E-state index is 0.257. The lowest BCUT2D eigenvalue weighted by Crippen LogP contribution is -2.23. The van der Waals surface area contributed by atoms with E-state index in [1.165, 1.54) is 0 Å². The number of rotatable bonds is 3. The smallest absolute Gasteiger partial charge is 0.288 e. The number of amides is 1. The number of methoxy groups -OCH3 is 1. The molecular weight excluding hydrogens is 302 g/mol. The topological polar surface area (TPSA) is 51.5 Å². The maximum atomic E-state index is 12.3. The molecule has 1 amide bonds. The molecule has 0 aliphatic carbocycles. The number of carbonyl (C=O) groups excluding carboxylic acids is 1. The fourth-order valence-electron chi connectivity index (χ4n) is 2.42. The van der Waals surface area contributed by atoms with E-state index in [1.54, 1.807) is 19.2 Å². The number of hydrogen-bond acceptors (Lipinski definition) is 3. The van der Waals surface area contributed by atoms with Crippen molar-refractivity contribution in [1.29, 1.82) is 0 Å². The van der Waals surface area contributed by atoms with Crippen molar-refractivity contribution < 1.29 is 13.9 Å². The van der Waals surface area contributed by atoms with Crippen LogP contribution in [-0.4, -0.2) is 19.6 Å². The van der Waals surface area contributed by atoms with Gasteiger partial charge in [-0.05, 0) is 37.3 Å². The molecule has 120 valence electrons. The largest absolute Gasteiger partial charge is 0.497 e. The average Bonchev–Trinajstić information content (AvgIpc) is 2.95. The fraction of sp³-hybridized carbons (Fsp3) is 0.150. The van der Waals surface area contributed by atoms with Crippen molar-refractivity contribution >= 4 is 16.9 Å². The van der Waals surface area contributed by atoms with Crippen LogP contribution in [-0.2, 0) is 0 Å². The Labute approximate surface area is 140 Å². The number of ether oxygens (including phenoxy) is 1. The highest BCUT2D eigenvalue weighted by atomic mass is 16.5. The summed E-state index contributed by atoms with van der Waals surface area (Å²) >= 11 is 0. The second-order valence-corrected chi connectivity index (χ2v) is 5.27. The summed E-state index contributed by atoms with van der Waals surface area (Å²) in [6.45, 7) is 2.11. The Bertz CT molecular complexity index is 930. The van der Waals surface area contributed by atoms with Crippen LogP contribution in [0.1, 0.15) is 21.7 Å². The quantitative estimate of drug-likeness (QED) is 0.751. The Hall–Kier alpha value is -3.19. The number of fused-ring (bicyclic) bond motifs is 1. The van der Waals surface area contributed by atoms with Crippen molar-refractivity contribution in [1.82, 2.24) is 5.32 Å². The van der Waals surface area contributed by atoms with E-state index in [-0.39, 0.29) is 12.5 Å². The predicted molar refractivity (Wildman–Crippen MR) is 93.2 cm³/mol. The molecule has 0 atom stereocenters. The van der Waals surface area contributed by atoms with E-state index in [1.807, 2.05) is 43.3 Å². The Morgan fingerprint density at radius 3 is 2.75 bits per heavy atom. The third kappa shape index (κ3) is 3.26. The number of aryl methyl sites for hydroxylation is 1. The highest BCUT2D eigenvalue weighted by molar-refractivity contribution is 5.99. The molecule has 0 spiro atoms. The van der Waals surface area contributed by atoms with Crippen LogP contribution in [0, 0.1) is 18.8 Å². The maximum absolute atomic E-state index is 12.3. The molecule has 3 aromatic rings. The van der Waals surface area contributed by atoms with E-state index in [0.29, 0.717) is 11.3 Å². The molecule has 3 rings (SSSR count). The Morgan fingerprint density at radius 2 is 2.00 bits per heavy atom. The van der Waals surface area contributed by atoms with E-state index < -0.39 is 0 Å². The van der Waals surface area contributed by atoms with Gasteiger partial charge in [0.15, 0.2) is 5.76 Å². The van der Waals surface area contributed by atoms with Gasteiger partial charge in [-0.3, -0.25) is 4.79 Å². The first-order chi connectivity index (χ1) is 11.7. The zero-order chi connectivity index (χ0) is 16.9. The predicted octanol–water partition coefficient (Wildman–Crippen LogP) is 3.53. The molecule has 0 fully saturated rings. The lowest BCUT2D eigenvalue weighted by molar-refractivity contribution is 0.0932. The van der Waals surface area contributed by atoms with Crippen LogP contribution in [0.25, 0.3) is 11.0 Å². The Kier molecular flexibility index (Phi) is 4.53. The normalized spacial score (nSPS) is 10.1. The summed E-state index contributed by atoms with van der Waals surface area (Å²) in [5.74, 6) is 6.69. The van der Waals surface area contributed by atoms with E-state index in [4.69, 9.17) is 9.15 Å². The van der Waals surface area contributed by atoms with Crippen molar-refractivity contribution in [3.05, 3.63) is 65.4 Å². The van der Waals surface area contributed by atoms with Crippen LogP contribution < -0.4 is 10.1 Å². The molecular formula is C20H17NO3. The lowest BCUT2D eigenvalue weighted by atomic mass is 10.1. The molecule has 2 aromatic carbocycles. The molecule has 0 saturated carbocycles. The molecule has 24 heavy (non-hydrogen) atoms. The van der Waals surface area contributed by atoms with Crippen LogP contribution in [0.15, 0.2) is 52.9 Å². The van der Waals surface area contributed by atoms with Crippen LogP contribution in [0.4, 0.5) is 0 Å². The summed E-state index contributed by atoms with van der Waals surface area (Å²) in [7, 11) is 1.61. The molecule has 0 saturated heterocycles. The summed E-state index contributed by atoms with van der Waals surface area (Å²) in [6, 6.07) is 15.1. The number of furan rings is 1. The molecule has 1 aromatic heterocycles. The van der Waals surface area contributed by atoms with Gasteiger partial charge in [0.1, 0.15) is 11.3 Å². The fourth-order valence-corrected chi connectivity index (χ4v) is 2.42. The summed E-state index contributed by atoms with van der Waals surface area (Å²) in [5, 5.41) is 3.63. The minimum atomic E-state index is -0.273. The summed E-state index contributed by atoms with van der Waals surface area (Å²) in [5.41, 5.74) is 2.37. The molecule has 0 bridgehead atoms. The van der Waals surface area contributed by atoms with Gasteiger partial charge < -0.3 is 14.5 Å². The van der Waals surface area contributed by atoms with Gasteiger partial charge in [-0.1, -0.05) is 30.0 Å². The molecule has 4 nitrogen and oxygen atoms in total. The van der Waals surface area contributed by atoms with E-state index in [0.717, 1.165) is 22.3 Å². The van der Waals surface area contributed by atoms with Gasteiger partial charge in [-0.2, -0.15) is 0 Å². The van der Waals surface area contributed by atoms with Crippen LogP contribution in [0.5, 0.6) is 5.75 Å². The third-order valence-electron chi connectivity index (χ3n) is 3.69. The number of nitrogens with one attached hydrogen (secondary N) is 1. The van der Waals surface area contributed by atoms with E-state index in [9.17, 15) is 4.79 Å². The van der Waals surface area contributed by atoms with Crippen LogP contribution in [0.2, 0.25) is 0 Å². The zero-order valence-electron chi connectivity index (χ0n) is 13.6. The van der Waals surface area contributed by atoms with E-state index in [2.05, 4.69) is 17.2 Å². The Balaban J connectivity index is 1.72. The SMILES string of the molecule is COc1ccc2oc(C(=O)NCC#Cc3ccccc3)c(C)c2c1. The average molecular weight is 319 g/mol. The first-order valence-electron chi connectivity index (χ1n) is 7.58. The number of carbonyl (C=O) groups is 1. The van der Waals surface area contributed by atoms with Gasteiger partial charge in [-0.25, -0.2) is 0 Å². The zero-order valence-corrected chi connectivity index (χ0v) is 13.6. The van der Waals surface area contributed by atoms with Crippen molar-refractivity contribution in [3.8, 4) is 17.6 Å². The van der Waals surface area contributed by atoms with Gasteiger partial charge >= 0.3 is 0 Å². The first kappa shape index (κ1) is 15.7. The summed E-state index contributed by atoms with van der Waals surface area (Å²) in [6.07, 6.45) is 0. The number of benzene rings is 2. The molecule has 0 aliphatic heterocycles. The van der Waals surface area contributed by atoms with Crippen molar-refractivity contribution in [2.75, 3.05) is 13.7 Å². The highest BCUT2D eigenvalue weighted by Crippen LogP contribution is 2.28. The molecule has 0 radical (unpaired) electrons. The molecule has 1 N–H and O–H groups in total. The van der Waals surface area contributed by atoms with Gasteiger partial charge in [0.25, 0.3) is 5.91 Å². The monoisotopic (exact) mass is 319 g/mol. The van der Waals surface area contributed by atoms with Gasteiger partial charge in [0.05, 0.1) is 13.7 Å².